The van der Waals surface area contributed by atoms with Crippen LogP contribution in [0.1, 0.15) is 32.1 Å². The first-order valence-corrected chi connectivity index (χ1v) is 7.02. The van der Waals surface area contributed by atoms with Crippen molar-refractivity contribution in [1.82, 2.24) is 5.32 Å². The Hall–Kier alpha value is -0.200. The summed E-state index contributed by atoms with van der Waals surface area (Å²) in [5, 5.41) is 21.3. The summed E-state index contributed by atoms with van der Waals surface area (Å²) < 4.78 is 10.8. The van der Waals surface area contributed by atoms with E-state index in [1.165, 1.54) is 19.3 Å². The molecular formula is C13H27NO4. The van der Waals surface area contributed by atoms with Crippen LogP contribution in [0.2, 0.25) is 0 Å². The molecule has 1 aliphatic rings. The van der Waals surface area contributed by atoms with E-state index in [0.29, 0.717) is 39.0 Å². The lowest BCUT2D eigenvalue weighted by atomic mass is 9.98. The fourth-order valence-electron chi connectivity index (χ4n) is 2.12. The topological polar surface area (TPSA) is 71.0 Å². The van der Waals surface area contributed by atoms with Crippen molar-refractivity contribution in [2.45, 2.75) is 44.3 Å². The van der Waals surface area contributed by atoms with E-state index in [2.05, 4.69) is 5.32 Å². The summed E-state index contributed by atoms with van der Waals surface area (Å²) in [5.74, 6) is 0. The molecule has 0 amide bonds. The van der Waals surface area contributed by atoms with Crippen LogP contribution in [0, 0.1) is 0 Å². The summed E-state index contributed by atoms with van der Waals surface area (Å²) in [7, 11) is 0. The van der Waals surface area contributed by atoms with Crippen LogP contribution in [0.5, 0.6) is 0 Å². The molecule has 0 radical (unpaired) electrons. The molecule has 0 aromatic carbocycles. The fourth-order valence-corrected chi connectivity index (χ4v) is 2.12. The van der Waals surface area contributed by atoms with Crippen LogP contribution >= 0.6 is 0 Å². The molecular weight excluding hydrogens is 234 g/mol. The predicted octanol–water partition coefficient (Wildman–Crippen LogP) is 0.295. The van der Waals surface area contributed by atoms with Crippen molar-refractivity contribution in [1.29, 1.82) is 0 Å². The standard InChI is InChI=1S/C13H27NO4/c15-7-9-17-8-6-14-10-12(16)11-18-13-4-2-1-3-5-13/h12-16H,1-11H2. The van der Waals surface area contributed by atoms with Gasteiger partial charge < -0.3 is 25.0 Å². The van der Waals surface area contributed by atoms with Crippen molar-refractivity contribution in [2.24, 2.45) is 0 Å². The van der Waals surface area contributed by atoms with Crippen LogP contribution in [0.4, 0.5) is 0 Å². The van der Waals surface area contributed by atoms with E-state index in [0.717, 1.165) is 12.8 Å². The molecule has 5 nitrogen and oxygen atoms in total. The quantitative estimate of drug-likeness (QED) is 0.493. The van der Waals surface area contributed by atoms with Gasteiger partial charge in [-0.2, -0.15) is 0 Å². The second-order valence-corrected chi connectivity index (χ2v) is 4.79. The summed E-state index contributed by atoms with van der Waals surface area (Å²) >= 11 is 0. The number of nitrogens with one attached hydrogen (secondary N) is 1. The third-order valence-electron chi connectivity index (χ3n) is 3.12. The first-order valence-electron chi connectivity index (χ1n) is 7.02. The van der Waals surface area contributed by atoms with Gasteiger partial charge in [-0.05, 0) is 12.8 Å². The van der Waals surface area contributed by atoms with Gasteiger partial charge in [0.1, 0.15) is 0 Å². The molecule has 0 bridgehead atoms. The number of hydrogen-bond acceptors (Lipinski definition) is 5. The highest BCUT2D eigenvalue weighted by molar-refractivity contribution is 4.67. The van der Waals surface area contributed by atoms with Crippen LogP contribution in [-0.2, 0) is 9.47 Å². The SMILES string of the molecule is OCCOCCNCC(O)COC1CCCCC1. The Morgan fingerprint density at radius 3 is 2.67 bits per heavy atom. The lowest BCUT2D eigenvalue weighted by molar-refractivity contribution is -0.0233. The molecule has 0 spiro atoms. The van der Waals surface area contributed by atoms with E-state index in [1.54, 1.807) is 0 Å². The zero-order chi connectivity index (χ0) is 13.1. The van der Waals surface area contributed by atoms with E-state index < -0.39 is 6.10 Å². The Bertz CT molecular complexity index is 186. The Labute approximate surface area is 109 Å². The highest BCUT2D eigenvalue weighted by atomic mass is 16.5. The zero-order valence-electron chi connectivity index (χ0n) is 11.1. The molecule has 108 valence electrons. The molecule has 0 aromatic rings. The maximum Gasteiger partial charge on any atom is 0.0897 e. The van der Waals surface area contributed by atoms with Crippen LogP contribution in [-0.4, -0.2) is 61.9 Å². The molecule has 0 heterocycles. The van der Waals surface area contributed by atoms with Gasteiger partial charge in [-0.3, -0.25) is 0 Å². The van der Waals surface area contributed by atoms with Crippen molar-refractivity contribution >= 4 is 0 Å². The normalized spacial score (nSPS) is 19.0. The van der Waals surface area contributed by atoms with Crippen molar-refractivity contribution in [3.8, 4) is 0 Å². The summed E-state index contributed by atoms with van der Waals surface area (Å²) in [4.78, 5) is 0. The summed E-state index contributed by atoms with van der Waals surface area (Å²) in [6.07, 6.45) is 5.98. The second kappa shape index (κ2) is 10.7. The molecule has 1 aliphatic carbocycles. The minimum Gasteiger partial charge on any atom is -0.394 e. The highest BCUT2D eigenvalue weighted by Gasteiger charge is 2.15. The van der Waals surface area contributed by atoms with E-state index in [1.807, 2.05) is 0 Å². The Balaban J connectivity index is 1.88. The predicted molar refractivity (Wildman–Crippen MR) is 69.6 cm³/mol. The van der Waals surface area contributed by atoms with E-state index in [-0.39, 0.29) is 6.61 Å². The van der Waals surface area contributed by atoms with Gasteiger partial charge >= 0.3 is 0 Å². The largest absolute Gasteiger partial charge is 0.394 e. The monoisotopic (exact) mass is 261 g/mol. The summed E-state index contributed by atoms with van der Waals surface area (Å²) in [6, 6.07) is 0. The number of aliphatic hydroxyl groups is 2. The average Bonchev–Trinajstić information content (AvgIpc) is 2.41. The van der Waals surface area contributed by atoms with Crippen molar-refractivity contribution < 1.29 is 19.7 Å². The van der Waals surface area contributed by atoms with Crippen molar-refractivity contribution in [3.63, 3.8) is 0 Å². The van der Waals surface area contributed by atoms with Gasteiger partial charge in [0, 0.05) is 13.1 Å². The first kappa shape index (κ1) is 15.9. The molecule has 0 saturated heterocycles. The van der Waals surface area contributed by atoms with Gasteiger partial charge in [-0.1, -0.05) is 19.3 Å². The molecule has 3 N–H and O–H groups in total. The Morgan fingerprint density at radius 1 is 1.17 bits per heavy atom. The zero-order valence-corrected chi connectivity index (χ0v) is 11.1. The van der Waals surface area contributed by atoms with Crippen LogP contribution < -0.4 is 5.32 Å². The Morgan fingerprint density at radius 2 is 1.94 bits per heavy atom. The fraction of sp³-hybridized carbons (Fsp3) is 1.00. The molecule has 5 heteroatoms. The highest BCUT2D eigenvalue weighted by Crippen LogP contribution is 2.20. The summed E-state index contributed by atoms with van der Waals surface area (Å²) in [6.45, 7) is 2.59. The van der Waals surface area contributed by atoms with Crippen molar-refractivity contribution in [3.05, 3.63) is 0 Å². The van der Waals surface area contributed by atoms with E-state index in [9.17, 15) is 5.11 Å². The molecule has 1 fully saturated rings. The number of hydrogen-bond donors (Lipinski definition) is 3. The number of aliphatic hydroxyl groups excluding tert-OH is 2. The maximum atomic E-state index is 9.71. The maximum absolute atomic E-state index is 9.71. The third kappa shape index (κ3) is 8.00. The van der Waals surface area contributed by atoms with Gasteiger partial charge in [0.05, 0.1) is 38.6 Å². The van der Waals surface area contributed by atoms with Gasteiger partial charge in [-0.25, -0.2) is 0 Å². The van der Waals surface area contributed by atoms with Crippen LogP contribution in [0.3, 0.4) is 0 Å². The van der Waals surface area contributed by atoms with E-state index >= 15 is 0 Å². The van der Waals surface area contributed by atoms with Gasteiger partial charge in [0.2, 0.25) is 0 Å². The molecule has 0 aliphatic heterocycles. The smallest absolute Gasteiger partial charge is 0.0897 e. The minimum absolute atomic E-state index is 0.0534. The molecule has 1 saturated carbocycles. The summed E-state index contributed by atoms with van der Waals surface area (Å²) in [5.41, 5.74) is 0. The van der Waals surface area contributed by atoms with Crippen LogP contribution in [0.15, 0.2) is 0 Å². The van der Waals surface area contributed by atoms with Crippen molar-refractivity contribution in [2.75, 3.05) is 39.5 Å². The Kier molecular flexibility index (Phi) is 9.42. The second-order valence-electron chi connectivity index (χ2n) is 4.79. The van der Waals surface area contributed by atoms with Gasteiger partial charge in [0.25, 0.3) is 0 Å². The molecule has 18 heavy (non-hydrogen) atoms. The number of ether oxygens (including phenoxy) is 2. The molecule has 1 atom stereocenters. The lowest BCUT2D eigenvalue weighted by Crippen LogP contribution is -2.34. The van der Waals surface area contributed by atoms with Gasteiger partial charge in [0.15, 0.2) is 0 Å². The first-order chi connectivity index (χ1) is 8.83. The minimum atomic E-state index is -0.454. The lowest BCUT2D eigenvalue weighted by Gasteiger charge is -2.23. The van der Waals surface area contributed by atoms with E-state index in [4.69, 9.17) is 14.6 Å². The molecule has 0 aromatic heterocycles. The van der Waals surface area contributed by atoms with Gasteiger partial charge in [-0.15, -0.1) is 0 Å². The number of rotatable bonds is 10. The molecule has 1 rings (SSSR count). The average molecular weight is 261 g/mol. The van der Waals surface area contributed by atoms with Crippen LogP contribution in [0.25, 0.3) is 0 Å². The third-order valence-corrected chi connectivity index (χ3v) is 3.12. The molecule has 1 unspecified atom stereocenters.